The van der Waals surface area contributed by atoms with Gasteiger partial charge in [0.15, 0.2) is 5.16 Å². The third kappa shape index (κ3) is 4.98. The van der Waals surface area contributed by atoms with Crippen molar-refractivity contribution >= 4 is 23.4 Å². The number of nitrogens with zero attached hydrogens (tertiary/aromatic N) is 4. The van der Waals surface area contributed by atoms with Crippen molar-refractivity contribution < 1.29 is 4.79 Å². The summed E-state index contributed by atoms with van der Waals surface area (Å²) in [4.78, 5) is 14.7. The van der Waals surface area contributed by atoms with E-state index in [2.05, 4.69) is 44.3 Å². The summed E-state index contributed by atoms with van der Waals surface area (Å²) in [5.41, 5.74) is 2.30. The lowest BCUT2D eigenvalue weighted by Crippen LogP contribution is -2.32. The van der Waals surface area contributed by atoms with Crippen LogP contribution in [0.2, 0.25) is 0 Å². The molecule has 0 aliphatic carbocycles. The van der Waals surface area contributed by atoms with Crippen molar-refractivity contribution in [2.24, 2.45) is 0 Å². The number of aryl methyl sites for hydroxylation is 1. The van der Waals surface area contributed by atoms with E-state index in [1.165, 1.54) is 17.3 Å². The van der Waals surface area contributed by atoms with Crippen molar-refractivity contribution in [3.05, 3.63) is 72.1 Å². The molecular weight excluding hydrogens is 382 g/mol. The standard InChI is InChI=1S/C22H25N5OS/c1-17-24-25-22(27(17)14-18-8-4-2-5-9-18)29-16-21(28)26-13-12-20(15-26)23-19-10-6-3-7-11-19/h2-11,20,23H,12-16H2,1H3. The van der Waals surface area contributed by atoms with Gasteiger partial charge in [0.1, 0.15) is 5.82 Å². The molecule has 150 valence electrons. The molecule has 2 heterocycles. The van der Waals surface area contributed by atoms with Crippen LogP contribution in [0, 0.1) is 6.92 Å². The zero-order valence-electron chi connectivity index (χ0n) is 16.5. The van der Waals surface area contributed by atoms with Crippen LogP contribution in [0.25, 0.3) is 0 Å². The van der Waals surface area contributed by atoms with Crippen LogP contribution in [0.1, 0.15) is 17.8 Å². The van der Waals surface area contributed by atoms with Crippen molar-refractivity contribution in [3.8, 4) is 0 Å². The Balaban J connectivity index is 1.31. The molecular formula is C22H25N5OS. The van der Waals surface area contributed by atoms with E-state index in [-0.39, 0.29) is 5.91 Å². The van der Waals surface area contributed by atoms with Gasteiger partial charge in [-0.1, -0.05) is 60.3 Å². The van der Waals surface area contributed by atoms with Gasteiger partial charge >= 0.3 is 0 Å². The molecule has 2 aromatic carbocycles. The summed E-state index contributed by atoms with van der Waals surface area (Å²) in [5, 5.41) is 12.8. The lowest BCUT2D eigenvalue weighted by Gasteiger charge is -2.17. The molecule has 1 N–H and O–H groups in total. The molecule has 1 fully saturated rings. The zero-order chi connectivity index (χ0) is 20.1. The molecule has 1 saturated heterocycles. The number of benzene rings is 2. The Morgan fingerprint density at radius 2 is 1.83 bits per heavy atom. The molecule has 1 aliphatic heterocycles. The fourth-order valence-corrected chi connectivity index (χ4v) is 4.39. The van der Waals surface area contributed by atoms with E-state index < -0.39 is 0 Å². The van der Waals surface area contributed by atoms with Gasteiger partial charge < -0.3 is 14.8 Å². The molecule has 4 rings (SSSR count). The fourth-order valence-electron chi connectivity index (χ4n) is 3.51. The number of aromatic nitrogens is 3. The van der Waals surface area contributed by atoms with Gasteiger partial charge in [-0.05, 0) is 31.0 Å². The molecule has 6 nitrogen and oxygen atoms in total. The molecule has 29 heavy (non-hydrogen) atoms. The Bertz CT molecular complexity index is 944. The predicted molar refractivity (Wildman–Crippen MR) is 116 cm³/mol. The van der Waals surface area contributed by atoms with Crippen molar-refractivity contribution in [2.45, 2.75) is 31.1 Å². The average Bonchev–Trinajstić information content (AvgIpc) is 3.35. The van der Waals surface area contributed by atoms with Crippen molar-refractivity contribution in [1.82, 2.24) is 19.7 Å². The van der Waals surface area contributed by atoms with Gasteiger partial charge in [0.05, 0.1) is 12.3 Å². The average molecular weight is 408 g/mol. The van der Waals surface area contributed by atoms with E-state index in [1.54, 1.807) is 0 Å². The first-order valence-electron chi connectivity index (χ1n) is 9.85. The molecule has 3 aromatic rings. The summed E-state index contributed by atoms with van der Waals surface area (Å²) in [6.45, 7) is 4.19. The number of anilines is 1. The first-order chi connectivity index (χ1) is 14.2. The molecule has 1 atom stereocenters. The SMILES string of the molecule is Cc1nnc(SCC(=O)N2CCC(Nc3ccccc3)C2)n1Cc1ccccc1. The number of amides is 1. The van der Waals surface area contributed by atoms with Gasteiger partial charge in [0, 0.05) is 24.8 Å². The maximum atomic E-state index is 12.7. The van der Waals surface area contributed by atoms with Crippen LogP contribution in [0.5, 0.6) is 0 Å². The van der Waals surface area contributed by atoms with E-state index in [0.29, 0.717) is 18.3 Å². The number of carbonyl (C=O) groups is 1. The summed E-state index contributed by atoms with van der Waals surface area (Å²) in [7, 11) is 0. The van der Waals surface area contributed by atoms with Gasteiger partial charge in [0.2, 0.25) is 5.91 Å². The Morgan fingerprint density at radius 1 is 1.10 bits per heavy atom. The maximum absolute atomic E-state index is 12.7. The molecule has 1 aliphatic rings. The minimum Gasteiger partial charge on any atom is -0.380 e. The van der Waals surface area contributed by atoms with Crippen LogP contribution < -0.4 is 5.32 Å². The van der Waals surface area contributed by atoms with Gasteiger partial charge in [-0.15, -0.1) is 10.2 Å². The summed E-state index contributed by atoms with van der Waals surface area (Å²) >= 11 is 1.47. The second-order valence-corrected chi connectivity index (χ2v) is 8.17. The Morgan fingerprint density at radius 3 is 2.59 bits per heavy atom. The van der Waals surface area contributed by atoms with Crippen molar-refractivity contribution in [2.75, 3.05) is 24.2 Å². The first kappa shape index (κ1) is 19.5. The van der Waals surface area contributed by atoms with Crippen LogP contribution in [0.3, 0.4) is 0 Å². The first-order valence-corrected chi connectivity index (χ1v) is 10.8. The number of likely N-dealkylation sites (tertiary alicyclic amines) is 1. The highest BCUT2D eigenvalue weighted by Gasteiger charge is 2.26. The number of para-hydroxylation sites is 1. The summed E-state index contributed by atoms with van der Waals surface area (Å²) in [6, 6.07) is 20.7. The van der Waals surface area contributed by atoms with Gasteiger partial charge in [-0.25, -0.2) is 0 Å². The fraction of sp³-hybridized carbons (Fsp3) is 0.318. The van der Waals surface area contributed by atoms with Crippen molar-refractivity contribution in [1.29, 1.82) is 0 Å². The van der Waals surface area contributed by atoms with Gasteiger partial charge in [-0.2, -0.15) is 0 Å². The monoisotopic (exact) mass is 407 g/mol. The Kier molecular flexibility index (Phi) is 6.14. The van der Waals surface area contributed by atoms with Crippen LogP contribution in [-0.4, -0.2) is 50.5 Å². The summed E-state index contributed by atoms with van der Waals surface area (Å²) in [6.07, 6.45) is 0.967. The molecule has 0 spiro atoms. The van der Waals surface area contributed by atoms with E-state index in [9.17, 15) is 4.79 Å². The predicted octanol–water partition coefficient (Wildman–Crippen LogP) is 3.44. The van der Waals surface area contributed by atoms with E-state index in [4.69, 9.17) is 0 Å². The van der Waals surface area contributed by atoms with E-state index in [0.717, 1.165) is 36.2 Å². The van der Waals surface area contributed by atoms with E-state index in [1.807, 2.05) is 48.2 Å². The molecule has 1 unspecified atom stereocenters. The maximum Gasteiger partial charge on any atom is 0.233 e. The highest BCUT2D eigenvalue weighted by Crippen LogP contribution is 2.21. The third-order valence-corrected chi connectivity index (χ3v) is 6.05. The summed E-state index contributed by atoms with van der Waals surface area (Å²) in [5.74, 6) is 1.39. The molecule has 0 radical (unpaired) electrons. The normalized spacial score (nSPS) is 16.2. The molecule has 1 amide bonds. The minimum absolute atomic E-state index is 0.152. The number of nitrogens with one attached hydrogen (secondary N) is 1. The lowest BCUT2D eigenvalue weighted by molar-refractivity contribution is -0.127. The number of carbonyl (C=O) groups excluding carboxylic acids is 1. The van der Waals surface area contributed by atoms with Gasteiger partial charge in [-0.3, -0.25) is 4.79 Å². The van der Waals surface area contributed by atoms with E-state index >= 15 is 0 Å². The molecule has 7 heteroatoms. The Hall–Kier alpha value is -2.80. The minimum atomic E-state index is 0.152. The lowest BCUT2D eigenvalue weighted by atomic mass is 10.2. The highest BCUT2D eigenvalue weighted by atomic mass is 32.2. The van der Waals surface area contributed by atoms with Crippen LogP contribution >= 0.6 is 11.8 Å². The Labute approximate surface area is 175 Å². The van der Waals surface area contributed by atoms with Gasteiger partial charge in [0.25, 0.3) is 0 Å². The number of hydrogen-bond acceptors (Lipinski definition) is 5. The molecule has 1 aromatic heterocycles. The second kappa shape index (κ2) is 9.13. The molecule has 0 saturated carbocycles. The largest absolute Gasteiger partial charge is 0.380 e. The summed E-state index contributed by atoms with van der Waals surface area (Å²) < 4.78 is 2.07. The highest BCUT2D eigenvalue weighted by molar-refractivity contribution is 7.99. The number of hydrogen-bond donors (Lipinski definition) is 1. The zero-order valence-corrected chi connectivity index (χ0v) is 17.3. The smallest absolute Gasteiger partial charge is 0.233 e. The van der Waals surface area contributed by atoms with Crippen LogP contribution in [0.15, 0.2) is 65.8 Å². The molecule has 0 bridgehead atoms. The van der Waals surface area contributed by atoms with Crippen LogP contribution in [0.4, 0.5) is 5.69 Å². The quantitative estimate of drug-likeness (QED) is 0.608. The second-order valence-electron chi connectivity index (χ2n) is 7.23. The third-order valence-electron chi connectivity index (χ3n) is 5.10. The topological polar surface area (TPSA) is 63.1 Å². The van der Waals surface area contributed by atoms with Crippen LogP contribution in [-0.2, 0) is 11.3 Å². The number of rotatable bonds is 7. The number of thioether (sulfide) groups is 1. The van der Waals surface area contributed by atoms with Crippen molar-refractivity contribution in [3.63, 3.8) is 0 Å².